The molecule has 0 unspecified atom stereocenters. The lowest BCUT2D eigenvalue weighted by Gasteiger charge is -1.97. The number of nitro groups is 1. The molecule has 2 aromatic rings. The maximum atomic E-state index is 13.1. The quantitative estimate of drug-likeness (QED) is 0.478. The van der Waals surface area contributed by atoms with Gasteiger partial charge in [-0.2, -0.15) is 4.98 Å². The maximum absolute atomic E-state index is 13.1. The predicted molar refractivity (Wildman–Crippen MR) is 55.8 cm³/mol. The smallest absolute Gasteiger partial charge is 0.273 e. The molecule has 16 heavy (non-hydrogen) atoms. The molecule has 6 nitrogen and oxygen atoms in total. The molecule has 1 heterocycles. The third kappa shape index (κ3) is 1.96. The zero-order valence-electron chi connectivity index (χ0n) is 7.73. The van der Waals surface area contributed by atoms with Crippen molar-refractivity contribution in [1.29, 1.82) is 0 Å². The summed E-state index contributed by atoms with van der Waals surface area (Å²) in [5.41, 5.74) is -0.0728. The van der Waals surface area contributed by atoms with Crippen LogP contribution in [0, 0.1) is 20.7 Å². The lowest BCUT2D eigenvalue weighted by molar-refractivity contribution is -0.385. The molecule has 0 atom stereocenters. The van der Waals surface area contributed by atoms with Gasteiger partial charge in [0, 0.05) is 11.6 Å². The van der Waals surface area contributed by atoms with E-state index in [1.54, 1.807) is 0 Å². The summed E-state index contributed by atoms with van der Waals surface area (Å²) in [6, 6.07) is 3.18. The van der Waals surface area contributed by atoms with E-state index in [1.165, 1.54) is 6.07 Å². The average Bonchev–Trinajstić information content (AvgIpc) is 2.64. The Morgan fingerprint density at radius 2 is 2.12 bits per heavy atom. The summed E-state index contributed by atoms with van der Waals surface area (Å²) < 4.78 is 13.3. The molecule has 0 aliphatic carbocycles. The molecule has 0 bridgehead atoms. The lowest BCUT2D eigenvalue weighted by Crippen LogP contribution is -1.91. The van der Waals surface area contributed by atoms with E-state index < -0.39 is 10.7 Å². The predicted octanol–water partition coefficient (Wildman–Crippen LogP) is 2.18. The van der Waals surface area contributed by atoms with Gasteiger partial charge in [0.15, 0.2) is 5.82 Å². The Bertz CT molecular complexity index is 606. The van der Waals surface area contributed by atoms with E-state index in [-0.39, 0.29) is 21.8 Å². The van der Waals surface area contributed by atoms with Crippen molar-refractivity contribution < 1.29 is 9.31 Å². The van der Waals surface area contributed by atoms with Crippen LogP contribution in [0.1, 0.15) is 0 Å². The van der Waals surface area contributed by atoms with Gasteiger partial charge >= 0.3 is 0 Å². The number of hydrogen-bond acceptors (Lipinski definition) is 4. The summed E-state index contributed by atoms with van der Waals surface area (Å²) in [6.07, 6.45) is 0. The van der Waals surface area contributed by atoms with Crippen molar-refractivity contribution in [3.05, 3.63) is 38.9 Å². The highest BCUT2D eigenvalue weighted by Gasteiger charge is 2.12. The molecule has 1 aromatic carbocycles. The number of rotatable bonds is 2. The van der Waals surface area contributed by atoms with Crippen molar-refractivity contribution in [2.45, 2.75) is 0 Å². The molecule has 1 aromatic heterocycles. The first-order valence-electron chi connectivity index (χ1n) is 4.16. The van der Waals surface area contributed by atoms with Crippen LogP contribution in [0.15, 0.2) is 18.2 Å². The van der Waals surface area contributed by atoms with Crippen molar-refractivity contribution in [3.63, 3.8) is 0 Å². The summed E-state index contributed by atoms with van der Waals surface area (Å²) in [5.74, 6) is -0.445. The summed E-state index contributed by atoms with van der Waals surface area (Å²) >= 11 is 4.72. The Hall–Kier alpha value is -2.09. The van der Waals surface area contributed by atoms with Crippen molar-refractivity contribution in [1.82, 2.24) is 15.2 Å². The first-order valence-corrected chi connectivity index (χ1v) is 4.57. The Morgan fingerprint density at radius 3 is 2.69 bits per heavy atom. The fraction of sp³-hybridized carbons (Fsp3) is 0. The van der Waals surface area contributed by atoms with Crippen molar-refractivity contribution in [2.75, 3.05) is 0 Å². The third-order valence-electron chi connectivity index (χ3n) is 1.87. The first-order chi connectivity index (χ1) is 7.56. The monoisotopic (exact) mass is 240 g/mol. The minimum atomic E-state index is -0.702. The number of benzene rings is 1. The molecule has 0 saturated carbocycles. The second-order valence-electron chi connectivity index (χ2n) is 2.97. The van der Waals surface area contributed by atoms with Gasteiger partial charge in [0.1, 0.15) is 5.82 Å². The van der Waals surface area contributed by atoms with Crippen LogP contribution in [-0.4, -0.2) is 20.1 Å². The van der Waals surface area contributed by atoms with Crippen molar-refractivity contribution in [3.8, 4) is 11.4 Å². The van der Waals surface area contributed by atoms with E-state index in [0.29, 0.717) is 0 Å². The second-order valence-corrected chi connectivity index (χ2v) is 3.36. The Labute approximate surface area is 93.3 Å². The number of nitrogens with zero attached hydrogens (tertiary/aromatic N) is 2. The van der Waals surface area contributed by atoms with Crippen LogP contribution < -0.4 is 0 Å². The molecular formula is C8H5FN4O2S. The second kappa shape index (κ2) is 3.81. The largest absolute Gasteiger partial charge is 0.282 e. The van der Waals surface area contributed by atoms with Gasteiger partial charge < -0.3 is 0 Å². The van der Waals surface area contributed by atoms with Crippen molar-refractivity contribution in [2.24, 2.45) is 0 Å². The van der Waals surface area contributed by atoms with E-state index >= 15 is 0 Å². The number of halogens is 1. The number of nitrogens with one attached hydrogen (secondary N) is 2. The molecule has 8 heteroatoms. The maximum Gasteiger partial charge on any atom is 0.273 e. The van der Waals surface area contributed by atoms with Crippen LogP contribution in [0.3, 0.4) is 0 Å². The van der Waals surface area contributed by atoms with E-state index in [1.807, 2.05) is 0 Å². The normalized spacial score (nSPS) is 10.3. The number of non-ortho nitro benzene ring substituents is 1. The van der Waals surface area contributed by atoms with Gasteiger partial charge in [-0.05, 0) is 18.3 Å². The van der Waals surface area contributed by atoms with E-state index in [0.717, 1.165) is 12.1 Å². The Morgan fingerprint density at radius 1 is 1.38 bits per heavy atom. The summed E-state index contributed by atoms with van der Waals surface area (Å²) in [4.78, 5) is 13.7. The van der Waals surface area contributed by atoms with Crippen LogP contribution in [0.2, 0.25) is 0 Å². The van der Waals surface area contributed by atoms with Gasteiger partial charge in [-0.3, -0.25) is 20.3 Å². The zero-order valence-corrected chi connectivity index (χ0v) is 8.55. The molecule has 0 fully saturated rings. The molecule has 0 radical (unpaired) electrons. The topological polar surface area (TPSA) is 87.6 Å². The average molecular weight is 240 g/mol. The molecule has 0 aliphatic rings. The van der Waals surface area contributed by atoms with Crippen molar-refractivity contribution >= 4 is 17.9 Å². The highest BCUT2D eigenvalue weighted by atomic mass is 32.1. The summed E-state index contributed by atoms with van der Waals surface area (Å²) in [7, 11) is 0. The fourth-order valence-electron chi connectivity index (χ4n) is 1.22. The van der Waals surface area contributed by atoms with E-state index in [4.69, 9.17) is 12.2 Å². The molecule has 0 aliphatic heterocycles. The van der Waals surface area contributed by atoms with Gasteiger partial charge in [0.2, 0.25) is 4.77 Å². The molecule has 2 rings (SSSR count). The Balaban J connectivity index is 2.57. The first kappa shape index (κ1) is 10.4. The van der Waals surface area contributed by atoms with E-state index in [2.05, 4.69) is 15.2 Å². The molecule has 0 saturated heterocycles. The fourth-order valence-corrected chi connectivity index (χ4v) is 1.37. The molecule has 0 spiro atoms. The zero-order chi connectivity index (χ0) is 11.7. The summed E-state index contributed by atoms with van der Waals surface area (Å²) in [6.45, 7) is 0. The molecule has 2 N–H and O–H groups in total. The number of H-pyrrole nitrogens is 2. The minimum Gasteiger partial charge on any atom is -0.282 e. The molecule has 82 valence electrons. The SMILES string of the molecule is O=[N+]([O-])c1cc(F)cc(-c2nc(=S)[nH][nH]2)c1. The third-order valence-corrected chi connectivity index (χ3v) is 2.06. The van der Waals surface area contributed by atoms with E-state index in [9.17, 15) is 14.5 Å². The van der Waals surface area contributed by atoms with Crippen LogP contribution >= 0.6 is 12.2 Å². The van der Waals surface area contributed by atoms with Crippen LogP contribution in [0.4, 0.5) is 10.1 Å². The van der Waals surface area contributed by atoms with Crippen LogP contribution in [0.25, 0.3) is 11.4 Å². The number of hydrogen-bond donors (Lipinski definition) is 2. The molecule has 0 amide bonds. The number of nitro benzene ring substituents is 1. The van der Waals surface area contributed by atoms with Gasteiger partial charge in [-0.25, -0.2) is 4.39 Å². The number of aromatic amines is 2. The molecular weight excluding hydrogens is 235 g/mol. The van der Waals surface area contributed by atoms with Gasteiger partial charge in [0.25, 0.3) is 5.69 Å². The lowest BCUT2D eigenvalue weighted by atomic mass is 10.2. The standard InChI is InChI=1S/C8H5FN4O2S/c9-5-1-4(2-6(3-5)13(14)15)7-10-8(16)12-11-7/h1-3H,(H2,10,11,12,16). The van der Waals surface area contributed by atoms with Gasteiger partial charge in [0.05, 0.1) is 11.0 Å². The van der Waals surface area contributed by atoms with Gasteiger partial charge in [-0.15, -0.1) is 0 Å². The summed E-state index contributed by atoms with van der Waals surface area (Å²) in [5, 5.41) is 15.6. The van der Waals surface area contributed by atoms with Crippen LogP contribution in [0.5, 0.6) is 0 Å². The highest BCUT2D eigenvalue weighted by molar-refractivity contribution is 7.71. The van der Waals surface area contributed by atoms with Gasteiger partial charge in [-0.1, -0.05) is 0 Å². The minimum absolute atomic E-state index is 0.196. The highest BCUT2D eigenvalue weighted by Crippen LogP contribution is 2.22. The Kier molecular flexibility index (Phi) is 2.49. The van der Waals surface area contributed by atoms with Crippen LogP contribution in [-0.2, 0) is 0 Å². The number of aromatic nitrogens is 3.